The quantitative estimate of drug-likeness (QED) is 0.556. The Hall–Kier alpha value is -1.86. The van der Waals surface area contributed by atoms with E-state index < -0.39 is 0 Å². The van der Waals surface area contributed by atoms with Gasteiger partial charge in [-0.2, -0.15) is 0 Å². The molecule has 2 heterocycles. The minimum absolute atomic E-state index is 0.0344. The van der Waals surface area contributed by atoms with Gasteiger partial charge in [0, 0.05) is 36.7 Å². The molecule has 0 saturated carbocycles. The van der Waals surface area contributed by atoms with Gasteiger partial charge in [-0.05, 0) is 44.4 Å². The van der Waals surface area contributed by atoms with Crippen LogP contribution in [0.25, 0.3) is 0 Å². The maximum Gasteiger partial charge on any atom is 0.214 e. The first-order valence-corrected chi connectivity index (χ1v) is 10.0. The number of nitrogens with zero attached hydrogens (tertiary/aromatic N) is 2. The Labute approximate surface area is 168 Å². The van der Waals surface area contributed by atoms with E-state index >= 15 is 0 Å². The topological polar surface area (TPSA) is 71.7 Å². The molecule has 1 aliphatic rings. The van der Waals surface area contributed by atoms with E-state index in [0.717, 1.165) is 54.5 Å². The van der Waals surface area contributed by atoms with E-state index in [4.69, 9.17) is 9.15 Å². The van der Waals surface area contributed by atoms with Crippen molar-refractivity contribution in [3.8, 4) is 0 Å². The van der Waals surface area contributed by atoms with Crippen LogP contribution in [-0.2, 0) is 16.7 Å². The molecule has 2 N–H and O–H groups in total. The highest BCUT2D eigenvalue weighted by atomic mass is 79.9. The van der Waals surface area contributed by atoms with Crippen LogP contribution < -0.4 is 10.6 Å². The fraction of sp³-hybridized carbons (Fsp3) is 0.500. The zero-order chi connectivity index (χ0) is 19.3. The SMILES string of the molecule is CN=C(NCc1nc(C)c(C)o1)NCC1(c2ccc(Br)cc2)CCOCC1. The minimum atomic E-state index is 0.0344. The molecule has 27 heavy (non-hydrogen) atoms. The number of aromatic nitrogens is 1. The van der Waals surface area contributed by atoms with Gasteiger partial charge < -0.3 is 19.8 Å². The molecule has 6 nitrogen and oxygen atoms in total. The Balaban J connectivity index is 1.65. The van der Waals surface area contributed by atoms with Gasteiger partial charge in [-0.15, -0.1) is 0 Å². The molecule has 2 aromatic rings. The van der Waals surface area contributed by atoms with Gasteiger partial charge in [0.05, 0.1) is 12.2 Å². The van der Waals surface area contributed by atoms with Gasteiger partial charge in [-0.3, -0.25) is 4.99 Å². The minimum Gasteiger partial charge on any atom is -0.444 e. The largest absolute Gasteiger partial charge is 0.444 e. The summed E-state index contributed by atoms with van der Waals surface area (Å²) in [5.41, 5.74) is 2.29. The van der Waals surface area contributed by atoms with Crippen molar-refractivity contribution in [2.24, 2.45) is 4.99 Å². The summed E-state index contributed by atoms with van der Waals surface area (Å²) in [5.74, 6) is 2.26. The molecule has 0 radical (unpaired) electrons. The number of ether oxygens (including phenoxy) is 1. The molecule has 0 unspecified atom stereocenters. The molecule has 0 aliphatic carbocycles. The van der Waals surface area contributed by atoms with Crippen molar-refractivity contribution in [2.45, 2.75) is 38.6 Å². The summed E-state index contributed by atoms with van der Waals surface area (Å²) in [6, 6.07) is 8.61. The number of hydrogen-bond acceptors (Lipinski definition) is 4. The number of halogens is 1. The summed E-state index contributed by atoms with van der Waals surface area (Å²) in [6.45, 7) is 6.72. The van der Waals surface area contributed by atoms with Gasteiger partial charge >= 0.3 is 0 Å². The summed E-state index contributed by atoms with van der Waals surface area (Å²) in [5, 5.41) is 6.77. The zero-order valence-electron chi connectivity index (χ0n) is 16.1. The fourth-order valence-electron chi connectivity index (χ4n) is 3.38. The van der Waals surface area contributed by atoms with Crippen molar-refractivity contribution in [3.05, 3.63) is 51.6 Å². The van der Waals surface area contributed by atoms with Crippen LogP contribution in [0.1, 0.15) is 35.7 Å². The molecular weight excluding hydrogens is 408 g/mol. The Morgan fingerprint density at radius 3 is 2.48 bits per heavy atom. The standard InChI is InChI=1S/C20H27BrN4O2/c1-14-15(2)27-18(25-14)12-23-19(22-3)24-13-20(8-10-26-11-9-20)16-4-6-17(21)7-5-16/h4-7H,8-13H2,1-3H3,(H2,22,23,24). The van der Waals surface area contributed by atoms with Gasteiger partial charge in [0.2, 0.25) is 5.89 Å². The maximum atomic E-state index is 5.63. The molecule has 3 rings (SSSR count). The van der Waals surface area contributed by atoms with E-state index in [-0.39, 0.29) is 5.41 Å². The number of aliphatic imine (C=N–C) groups is 1. The lowest BCUT2D eigenvalue weighted by atomic mass is 9.74. The third-order valence-electron chi connectivity index (χ3n) is 5.20. The lowest BCUT2D eigenvalue weighted by Crippen LogP contribution is -2.47. The number of rotatable bonds is 5. The molecule has 146 valence electrons. The van der Waals surface area contributed by atoms with E-state index in [2.05, 4.69) is 60.8 Å². The van der Waals surface area contributed by atoms with Gasteiger partial charge in [-0.25, -0.2) is 4.98 Å². The highest BCUT2D eigenvalue weighted by Gasteiger charge is 2.34. The average Bonchev–Trinajstić information content (AvgIpc) is 3.01. The monoisotopic (exact) mass is 434 g/mol. The first-order valence-electron chi connectivity index (χ1n) is 9.24. The van der Waals surface area contributed by atoms with Crippen molar-refractivity contribution in [1.29, 1.82) is 0 Å². The maximum absolute atomic E-state index is 5.63. The van der Waals surface area contributed by atoms with Crippen LogP contribution in [-0.4, -0.2) is 37.7 Å². The van der Waals surface area contributed by atoms with E-state index in [1.165, 1.54) is 5.56 Å². The molecule has 1 aromatic heterocycles. The van der Waals surface area contributed by atoms with Crippen molar-refractivity contribution in [2.75, 3.05) is 26.8 Å². The lowest BCUT2D eigenvalue weighted by molar-refractivity contribution is 0.0514. The summed E-state index contributed by atoms with van der Waals surface area (Å²) in [4.78, 5) is 8.74. The van der Waals surface area contributed by atoms with Crippen LogP contribution in [0.2, 0.25) is 0 Å². The molecule has 1 fully saturated rings. The predicted molar refractivity (Wildman–Crippen MR) is 110 cm³/mol. The molecule has 0 spiro atoms. The van der Waals surface area contributed by atoms with Crippen LogP contribution in [0.15, 0.2) is 38.1 Å². The molecule has 1 aliphatic heterocycles. The van der Waals surface area contributed by atoms with Crippen LogP contribution in [0, 0.1) is 13.8 Å². The van der Waals surface area contributed by atoms with E-state index in [1.807, 2.05) is 13.8 Å². The Bertz CT molecular complexity index is 760. The number of oxazole rings is 1. The van der Waals surface area contributed by atoms with Gasteiger partial charge in [0.1, 0.15) is 5.76 Å². The molecule has 0 bridgehead atoms. The first-order chi connectivity index (χ1) is 13.0. The molecule has 0 atom stereocenters. The lowest BCUT2D eigenvalue weighted by Gasteiger charge is -2.38. The summed E-state index contributed by atoms with van der Waals surface area (Å²) < 4.78 is 12.3. The van der Waals surface area contributed by atoms with E-state index in [9.17, 15) is 0 Å². The number of nitrogens with one attached hydrogen (secondary N) is 2. The van der Waals surface area contributed by atoms with E-state index in [0.29, 0.717) is 12.4 Å². The highest BCUT2D eigenvalue weighted by Crippen LogP contribution is 2.34. The van der Waals surface area contributed by atoms with Crippen molar-refractivity contribution in [1.82, 2.24) is 15.6 Å². The molecule has 1 aromatic carbocycles. The van der Waals surface area contributed by atoms with Crippen LogP contribution in [0.5, 0.6) is 0 Å². The second-order valence-corrected chi connectivity index (χ2v) is 7.84. The fourth-order valence-corrected chi connectivity index (χ4v) is 3.65. The average molecular weight is 435 g/mol. The normalized spacial score (nSPS) is 17.0. The third kappa shape index (κ3) is 4.90. The predicted octanol–water partition coefficient (Wildman–Crippen LogP) is 3.47. The second-order valence-electron chi connectivity index (χ2n) is 6.93. The molecule has 1 saturated heterocycles. The Morgan fingerprint density at radius 2 is 1.89 bits per heavy atom. The third-order valence-corrected chi connectivity index (χ3v) is 5.73. The number of guanidine groups is 1. The zero-order valence-corrected chi connectivity index (χ0v) is 17.7. The van der Waals surface area contributed by atoms with Crippen LogP contribution >= 0.6 is 15.9 Å². The number of benzene rings is 1. The Morgan fingerprint density at radius 1 is 1.19 bits per heavy atom. The number of hydrogen-bond donors (Lipinski definition) is 2. The molecular formula is C20H27BrN4O2. The van der Waals surface area contributed by atoms with Gasteiger partial charge in [-0.1, -0.05) is 28.1 Å². The Kier molecular flexibility index (Phi) is 6.55. The molecule has 0 amide bonds. The summed E-state index contributed by atoms with van der Waals surface area (Å²) >= 11 is 3.53. The van der Waals surface area contributed by atoms with Crippen LogP contribution in [0.4, 0.5) is 0 Å². The van der Waals surface area contributed by atoms with Gasteiger partial charge in [0.15, 0.2) is 5.96 Å². The van der Waals surface area contributed by atoms with Crippen molar-refractivity contribution in [3.63, 3.8) is 0 Å². The van der Waals surface area contributed by atoms with E-state index in [1.54, 1.807) is 7.05 Å². The number of aryl methyl sites for hydroxylation is 2. The second kappa shape index (κ2) is 8.89. The van der Waals surface area contributed by atoms with Crippen LogP contribution in [0.3, 0.4) is 0 Å². The smallest absolute Gasteiger partial charge is 0.214 e. The first kappa shape index (κ1) is 19.9. The highest BCUT2D eigenvalue weighted by molar-refractivity contribution is 9.10. The summed E-state index contributed by atoms with van der Waals surface area (Å²) in [6.07, 6.45) is 1.97. The van der Waals surface area contributed by atoms with Crippen molar-refractivity contribution < 1.29 is 9.15 Å². The summed E-state index contributed by atoms with van der Waals surface area (Å²) in [7, 11) is 1.78. The molecule has 7 heteroatoms. The van der Waals surface area contributed by atoms with Gasteiger partial charge in [0.25, 0.3) is 0 Å². The van der Waals surface area contributed by atoms with Crippen molar-refractivity contribution >= 4 is 21.9 Å².